The van der Waals surface area contributed by atoms with Gasteiger partial charge in [0, 0.05) is 4.47 Å². The number of rotatable bonds is 4. The Hall–Kier alpha value is -1.32. The van der Waals surface area contributed by atoms with Crippen molar-refractivity contribution in [3.63, 3.8) is 0 Å². The Kier molecular flexibility index (Phi) is 4.39. The molecule has 0 saturated carbocycles. The van der Waals surface area contributed by atoms with Crippen molar-refractivity contribution in [2.75, 3.05) is 6.61 Å². The first-order chi connectivity index (χ1) is 8.69. The molecule has 2 rings (SSSR count). The standard InChI is InChI=1S/C15H15BrO2/c1-11(10-17)18-15-8-4-13(5-9-15)12-2-6-14(16)7-3-12/h2-9,11,17H,10H2,1H3. The lowest BCUT2D eigenvalue weighted by Crippen LogP contribution is -2.15. The van der Waals surface area contributed by atoms with Gasteiger partial charge in [0.15, 0.2) is 0 Å². The topological polar surface area (TPSA) is 29.5 Å². The minimum atomic E-state index is -0.177. The lowest BCUT2D eigenvalue weighted by Gasteiger charge is -2.12. The van der Waals surface area contributed by atoms with Gasteiger partial charge in [-0.1, -0.05) is 40.2 Å². The van der Waals surface area contributed by atoms with Gasteiger partial charge in [0.1, 0.15) is 11.9 Å². The molecule has 1 unspecified atom stereocenters. The van der Waals surface area contributed by atoms with Gasteiger partial charge in [-0.25, -0.2) is 0 Å². The number of aliphatic hydroxyl groups excluding tert-OH is 1. The average molecular weight is 307 g/mol. The Bertz CT molecular complexity index is 491. The van der Waals surface area contributed by atoms with Crippen LogP contribution in [0, 0.1) is 0 Å². The van der Waals surface area contributed by atoms with Crippen molar-refractivity contribution in [1.82, 2.24) is 0 Å². The highest BCUT2D eigenvalue weighted by Gasteiger charge is 2.02. The van der Waals surface area contributed by atoms with Crippen LogP contribution in [-0.4, -0.2) is 17.8 Å². The number of halogens is 1. The van der Waals surface area contributed by atoms with Crippen LogP contribution in [0.3, 0.4) is 0 Å². The van der Waals surface area contributed by atoms with E-state index >= 15 is 0 Å². The van der Waals surface area contributed by atoms with Crippen LogP contribution >= 0.6 is 15.9 Å². The number of ether oxygens (including phenoxy) is 1. The second kappa shape index (κ2) is 6.03. The molecule has 0 aromatic heterocycles. The summed E-state index contributed by atoms with van der Waals surface area (Å²) in [5.74, 6) is 0.775. The maximum atomic E-state index is 8.93. The summed E-state index contributed by atoms with van der Waals surface area (Å²) in [6, 6.07) is 16.0. The second-order valence-electron chi connectivity index (χ2n) is 4.14. The van der Waals surface area contributed by atoms with Crippen molar-refractivity contribution in [1.29, 1.82) is 0 Å². The molecule has 2 aromatic carbocycles. The van der Waals surface area contributed by atoms with E-state index in [1.54, 1.807) is 0 Å². The molecule has 2 nitrogen and oxygen atoms in total. The molecule has 0 aliphatic carbocycles. The van der Waals surface area contributed by atoms with E-state index in [0.29, 0.717) is 0 Å². The summed E-state index contributed by atoms with van der Waals surface area (Å²) >= 11 is 3.42. The van der Waals surface area contributed by atoms with Gasteiger partial charge in [0.05, 0.1) is 6.61 Å². The summed E-state index contributed by atoms with van der Waals surface area (Å²) in [5.41, 5.74) is 2.31. The van der Waals surface area contributed by atoms with Crippen LogP contribution in [-0.2, 0) is 0 Å². The Morgan fingerprint density at radius 1 is 1.00 bits per heavy atom. The highest BCUT2D eigenvalue weighted by Crippen LogP contribution is 2.24. The second-order valence-corrected chi connectivity index (χ2v) is 5.06. The molecular weight excluding hydrogens is 292 g/mol. The Labute approximate surface area is 115 Å². The molecule has 0 aliphatic heterocycles. The third-order valence-electron chi connectivity index (χ3n) is 2.63. The molecule has 18 heavy (non-hydrogen) atoms. The van der Waals surface area contributed by atoms with E-state index in [0.717, 1.165) is 15.8 Å². The van der Waals surface area contributed by atoms with Crippen molar-refractivity contribution in [2.24, 2.45) is 0 Å². The van der Waals surface area contributed by atoms with Crippen LogP contribution in [0.4, 0.5) is 0 Å². The molecule has 0 fully saturated rings. The van der Waals surface area contributed by atoms with Gasteiger partial charge in [-0.05, 0) is 42.3 Å². The van der Waals surface area contributed by atoms with E-state index in [9.17, 15) is 0 Å². The van der Waals surface area contributed by atoms with Crippen molar-refractivity contribution in [2.45, 2.75) is 13.0 Å². The molecular formula is C15H15BrO2. The zero-order valence-electron chi connectivity index (χ0n) is 10.1. The number of benzene rings is 2. The van der Waals surface area contributed by atoms with E-state index in [2.05, 4.69) is 28.1 Å². The lowest BCUT2D eigenvalue weighted by molar-refractivity contribution is 0.130. The van der Waals surface area contributed by atoms with E-state index < -0.39 is 0 Å². The van der Waals surface area contributed by atoms with Gasteiger partial charge in [-0.3, -0.25) is 0 Å². The largest absolute Gasteiger partial charge is 0.488 e. The molecule has 0 aliphatic rings. The zero-order chi connectivity index (χ0) is 13.0. The van der Waals surface area contributed by atoms with Crippen LogP contribution in [0.2, 0.25) is 0 Å². The molecule has 94 valence electrons. The summed E-state index contributed by atoms with van der Waals surface area (Å²) in [7, 11) is 0. The number of aliphatic hydroxyl groups is 1. The van der Waals surface area contributed by atoms with Gasteiger partial charge in [0.25, 0.3) is 0 Å². The monoisotopic (exact) mass is 306 g/mol. The fourth-order valence-electron chi connectivity index (χ4n) is 1.64. The maximum absolute atomic E-state index is 8.93. The third-order valence-corrected chi connectivity index (χ3v) is 3.15. The minimum absolute atomic E-state index is 0.0223. The summed E-state index contributed by atoms with van der Waals surface area (Å²) in [6.07, 6.45) is -0.177. The van der Waals surface area contributed by atoms with Gasteiger partial charge < -0.3 is 9.84 Å². The summed E-state index contributed by atoms with van der Waals surface area (Å²) < 4.78 is 6.59. The summed E-state index contributed by atoms with van der Waals surface area (Å²) in [5, 5.41) is 8.93. The van der Waals surface area contributed by atoms with Crippen LogP contribution in [0.25, 0.3) is 11.1 Å². The fourth-order valence-corrected chi connectivity index (χ4v) is 1.90. The predicted octanol–water partition coefficient (Wildman–Crippen LogP) is 3.88. The molecule has 1 atom stereocenters. The summed E-state index contributed by atoms with van der Waals surface area (Å²) in [4.78, 5) is 0. The molecule has 3 heteroatoms. The van der Waals surface area contributed by atoms with Gasteiger partial charge in [-0.2, -0.15) is 0 Å². The normalized spacial score (nSPS) is 12.2. The van der Waals surface area contributed by atoms with Crippen LogP contribution < -0.4 is 4.74 Å². The third kappa shape index (κ3) is 3.34. The quantitative estimate of drug-likeness (QED) is 0.929. The molecule has 1 N–H and O–H groups in total. The van der Waals surface area contributed by atoms with Crippen molar-refractivity contribution >= 4 is 15.9 Å². The average Bonchev–Trinajstić information content (AvgIpc) is 2.40. The number of hydrogen-bond donors (Lipinski definition) is 1. The molecule has 2 aromatic rings. The highest BCUT2D eigenvalue weighted by molar-refractivity contribution is 9.10. The molecule has 0 saturated heterocycles. The zero-order valence-corrected chi connectivity index (χ0v) is 11.7. The Morgan fingerprint density at radius 2 is 1.50 bits per heavy atom. The lowest BCUT2D eigenvalue weighted by atomic mass is 10.1. The molecule has 0 bridgehead atoms. The van der Waals surface area contributed by atoms with Crippen LogP contribution in [0.1, 0.15) is 6.92 Å². The SMILES string of the molecule is CC(CO)Oc1ccc(-c2ccc(Br)cc2)cc1. The fraction of sp³-hybridized carbons (Fsp3) is 0.200. The number of hydrogen-bond acceptors (Lipinski definition) is 2. The smallest absolute Gasteiger partial charge is 0.119 e. The predicted molar refractivity (Wildman–Crippen MR) is 76.8 cm³/mol. The van der Waals surface area contributed by atoms with E-state index in [4.69, 9.17) is 9.84 Å². The maximum Gasteiger partial charge on any atom is 0.119 e. The van der Waals surface area contributed by atoms with Gasteiger partial charge in [-0.15, -0.1) is 0 Å². The first kappa shape index (κ1) is 13.1. The first-order valence-corrected chi connectivity index (χ1v) is 6.62. The minimum Gasteiger partial charge on any atom is -0.488 e. The Balaban J connectivity index is 2.14. The molecule has 0 amide bonds. The van der Waals surface area contributed by atoms with E-state index in [1.807, 2.05) is 43.3 Å². The van der Waals surface area contributed by atoms with E-state index in [1.165, 1.54) is 5.56 Å². The Morgan fingerprint density at radius 3 is 2.00 bits per heavy atom. The van der Waals surface area contributed by atoms with Gasteiger partial charge >= 0.3 is 0 Å². The molecule has 0 radical (unpaired) electrons. The van der Waals surface area contributed by atoms with Crippen LogP contribution in [0.5, 0.6) is 5.75 Å². The molecule has 0 spiro atoms. The van der Waals surface area contributed by atoms with Crippen LogP contribution in [0.15, 0.2) is 53.0 Å². The van der Waals surface area contributed by atoms with Crippen molar-refractivity contribution in [3.8, 4) is 16.9 Å². The summed E-state index contributed by atoms with van der Waals surface area (Å²) in [6.45, 7) is 1.86. The molecule has 0 heterocycles. The van der Waals surface area contributed by atoms with Crippen molar-refractivity contribution < 1.29 is 9.84 Å². The highest BCUT2D eigenvalue weighted by atomic mass is 79.9. The first-order valence-electron chi connectivity index (χ1n) is 5.82. The van der Waals surface area contributed by atoms with Crippen molar-refractivity contribution in [3.05, 3.63) is 53.0 Å². The van der Waals surface area contributed by atoms with Gasteiger partial charge in [0.2, 0.25) is 0 Å². The van der Waals surface area contributed by atoms with E-state index in [-0.39, 0.29) is 12.7 Å².